The zero-order chi connectivity index (χ0) is 18.0. The Morgan fingerprint density at radius 2 is 1.96 bits per heavy atom. The predicted molar refractivity (Wildman–Crippen MR) is 94.9 cm³/mol. The molecule has 1 unspecified atom stereocenters. The van der Waals surface area contributed by atoms with Gasteiger partial charge in [-0.1, -0.05) is 23.7 Å². The van der Waals surface area contributed by atoms with Crippen molar-refractivity contribution in [1.82, 2.24) is 0 Å². The van der Waals surface area contributed by atoms with Crippen molar-refractivity contribution < 1.29 is 13.2 Å². The van der Waals surface area contributed by atoms with E-state index in [0.29, 0.717) is 30.4 Å². The van der Waals surface area contributed by atoms with Crippen molar-refractivity contribution in [2.24, 2.45) is 5.14 Å². The maximum absolute atomic E-state index is 11.5. The topological polar surface area (TPSA) is 96.4 Å². The molecule has 1 aliphatic heterocycles. The van der Waals surface area contributed by atoms with Gasteiger partial charge >= 0.3 is 0 Å². The molecule has 1 heterocycles. The van der Waals surface area contributed by atoms with E-state index in [9.17, 15) is 13.7 Å². The summed E-state index contributed by atoms with van der Waals surface area (Å²) in [5, 5.41) is 15.2. The van der Waals surface area contributed by atoms with Crippen molar-refractivity contribution in [2.45, 2.75) is 11.0 Å². The van der Waals surface area contributed by atoms with E-state index in [-0.39, 0.29) is 16.6 Å². The summed E-state index contributed by atoms with van der Waals surface area (Å²) in [5.74, 6) is 0. The quantitative estimate of drug-likeness (QED) is 0.886. The van der Waals surface area contributed by atoms with Crippen molar-refractivity contribution in [3.8, 4) is 6.07 Å². The largest absolute Gasteiger partial charge is 0.370 e. The Bertz CT molecular complexity index is 923. The molecule has 0 radical (unpaired) electrons. The summed E-state index contributed by atoms with van der Waals surface area (Å²) >= 11 is 5.92. The number of hydrogen-bond acceptors (Lipinski definition) is 5. The first-order valence-electron chi connectivity index (χ1n) is 7.57. The maximum Gasteiger partial charge on any atom is 0.238 e. The van der Waals surface area contributed by atoms with Crippen LogP contribution in [0.2, 0.25) is 5.02 Å². The molecule has 0 aliphatic carbocycles. The van der Waals surface area contributed by atoms with E-state index in [4.69, 9.17) is 21.5 Å². The van der Waals surface area contributed by atoms with Crippen LogP contribution in [0.5, 0.6) is 0 Å². The molecule has 0 saturated carbocycles. The van der Waals surface area contributed by atoms with E-state index in [1.54, 1.807) is 18.2 Å². The number of primary sulfonamides is 1. The van der Waals surface area contributed by atoms with Crippen LogP contribution in [0.1, 0.15) is 17.2 Å². The number of sulfonamides is 1. The van der Waals surface area contributed by atoms with Gasteiger partial charge in [0.2, 0.25) is 10.0 Å². The summed E-state index contributed by atoms with van der Waals surface area (Å²) in [7, 11) is -3.85. The fourth-order valence-corrected chi connectivity index (χ4v) is 3.47. The number of nitrogens with zero attached hydrogens (tertiary/aromatic N) is 2. The van der Waals surface area contributed by atoms with Gasteiger partial charge in [0.1, 0.15) is 12.2 Å². The molecule has 1 saturated heterocycles. The van der Waals surface area contributed by atoms with Crippen molar-refractivity contribution >= 4 is 27.3 Å². The molecule has 2 aromatic carbocycles. The Labute approximate surface area is 151 Å². The van der Waals surface area contributed by atoms with Gasteiger partial charge in [-0.2, -0.15) is 5.26 Å². The van der Waals surface area contributed by atoms with Gasteiger partial charge in [0.15, 0.2) is 0 Å². The van der Waals surface area contributed by atoms with Crippen LogP contribution < -0.4 is 10.0 Å². The summed E-state index contributed by atoms with van der Waals surface area (Å²) in [4.78, 5) is 1.93. The normalized spacial score (nSPS) is 18.0. The number of morpholine rings is 1. The van der Waals surface area contributed by atoms with Crippen LogP contribution in [-0.4, -0.2) is 28.1 Å². The van der Waals surface area contributed by atoms with Gasteiger partial charge in [-0.3, -0.25) is 0 Å². The van der Waals surface area contributed by atoms with Crippen molar-refractivity contribution in [2.75, 3.05) is 24.6 Å². The number of halogens is 1. The Kier molecular flexibility index (Phi) is 4.97. The minimum Gasteiger partial charge on any atom is -0.370 e. The lowest BCUT2D eigenvalue weighted by Crippen LogP contribution is -2.38. The van der Waals surface area contributed by atoms with E-state index in [1.807, 2.05) is 23.1 Å². The third kappa shape index (κ3) is 3.94. The lowest BCUT2D eigenvalue weighted by Gasteiger charge is -2.35. The standard InChI is InChI=1S/C17H16ClN3O3S/c18-14-3-1-12(2-4-14)17-11-21(7-8-24-17)16-6-5-15(25(20,22)23)9-13(16)10-19/h1-6,9,17H,7-8,11H2,(H2,20,22,23). The van der Waals surface area contributed by atoms with Gasteiger partial charge < -0.3 is 9.64 Å². The number of nitrogens with two attached hydrogens (primary N) is 1. The first-order chi connectivity index (χ1) is 11.9. The minimum atomic E-state index is -3.85. The first-order valence-corrected chi connectivity index (χ1v) is 9.50. The second-order valence-electron chi connectivity index (χ2n) is 5.69. The lowest BCUT2D eigenvalue weighted by atomic mass is 10.1. The van der Waals surface area contributed by atoms with Crippen molar-refractivity contribution in [3.63, 3.8) is 0 Å². The summed E-state index contributed by atoms with van der Waals surface area (Å²) in [6.45, 7) is 1.65. The molecular formula is C17H16ClN3O3S. The fourth-order valence-electron chi connectivity index (χ4n) is 2.80. The van der Waals surface area contributed by atoms with Gasteiger partial charge in [-0.05, 0) is 35.9 Å². The average molecular weight is 378 g/mol. The number of benzene rings is 2. The van der Waals surface area contributed by atoms with Crippen LogP contribution in [-0.2, 0) is 14.8 Å². The van der Waals surface area contributed by atoms with E-state index in [2.05, 4.69) is 0 Å². The second-order valence-corrected chi connectivity index (χ2v) is 7.69. The molecule has 2 N–H and O–H groups in total. The van der Waals surface area contributed by atoms with Gasteiger partial charge in [0, 0.05) is 18.1 Å². The highest BCUT2D eigenvalue weighted by molar-refractivity contribution is 7.89. The number of hydrogen-bond donors (Lipinski definition) is 1. The first kappa shape index (κ1) is 17.7. The van der Waals surface area contributed by atoms with E-state index in [0.717, 1.165) is 5.56 Å². The van der Waals surface area contributed by atoms with Crippen LogP contribution >= 0.6 is 11.6 Å². The van der Waals surface area contributed by atoms with Crippen LogP contribution in [0.4, 0.5) is 5.69 Å². The molecule has 6 nitrogen and oxygen atoms in total. The molecule has 1 fully saturated rings. The van der Waals surface area contributed by atoms with Gasteiger partial charge in [0.05, 0.1) is 22.8 Å². The van der Waals surface area contributed by atoms with Crippen LogP contribution in [0.25, 0.3) is 0 Å². The summed E-state index contributed by atoms with van der Waals surface area (Å²) in [5.41, 5.74) is 1.93. The second kappa shape index (κ2) is 7.02. The van der Waals surface area contributed by atoms with E-state index < -0.39 is 10.0 Å². The van der Waals surface area contributed by atoms with Gasteiger partial charge in [0.25, 0.3) is 0 Å². The fraction of sp³-hybridized carbons (Fsp3) is 0.235. The summed E-state index contributed by atoms with van der Waals surface area (Å²) in [6.07, 6.45) is -0.157. The molecule has 0 bridgehead atoms. The Morgan fingerprint density at radius 1 is 1.24 bits per heavy atom. The molecule has 8 heteroatoms. The molecule has 25 heavy (non-hydrogen) atoms. The van der Waals surface area contributed by atoms with E-state index >= 15 is 0 Å². The number of anilines is 1. The smallest absolute Gasteiger partial charge is 0.238 e. The highest BCUT2D eigenvalue weighted by atomic mass is 35.5. The Balaban J connectivity index is 1.89. The molecular weight excluding hydrogens is 362 g/mol. The van der Waals surface area contributed by atoms with Crippen LogP contribution in [0, 0.1) is 11.3 Å². The van der Waals surface area contributed by atoms with Crippen LogP contribution in [0.15, 0.2) is 47.4 Å². The Morgan fingerprint density at radius 3 is 2.60 bits per heavy atom. The summed E-state index contributed by atoms with van der Waals surface area (Å²) < 4.78 is 28.8. The minimum absolute atomic E-state index is 0.0738. The SMILES string of the molecule is N#Cc1cc(S(N)(=O)=O)ccc1N1CCOC(c2ccc(Cl)cc2)C1. The average Bonchev–Trinajstić information content (AvgIpc) is 2.61. The van der Waals surface area contributed by atoms with Gasteiger partial charge in [-0.15, -0.1) is 0 Å². The molecule has 1 aliphatic rings. The number of rotatable bonds is 3. The number of ether oxygens (including phenoxy) is 1. The lowest BCUT2D eigenvalue weighted by molar-refractivity contribution is 0.0398. The molecule has 2 aromatic rings. The third-order valence-electron chi connectivity index (χ3n) is 4.07. The Hall–Kier alpha value is -2.11. The molecule has 0 spiro atoms. The molecule has 3 rings (SSSR count). The van der Waals surface area contributed by atoms with Crippen molar-refractivity contribution in [3.05, 3.63) is 58.6 Å². The monoisotopic (exact) mass is 377 g/mol. The zero-order valence-corrected chi connectivity index (χ0v) is 14.8. The zero-order valence-electron chi connectivity index (χ0n) is 13.2. The maximum atomic E-state index is 11.5. The van der Waals surface area contributed by atoms with Gasteiger partial charge in [-0.25, -0.2) is 13.6 Å². The molecule has 1 atom stereocenters. The summed E-state index contributed by atoms with van der Waals surface area (Å²) in [6, 6.07) is 13.8. The van der Waals surface area contributed by atoms with Crippen molar-refractivity contribution in [1.29, 1.82) is 5.26 Å². The highest BCUT2D eigenvalue weighted by Crippen LogP contribution is 2.29. The third-order valence-corrected chi connectivity index (χ3v) is 5.23. The van der Waals surface area contributed by atoms with Crippen LogP contribution in [0.3, 0.4) is 0 Å². The molecule has 0 amide bonds. The molecule has 0 aromatic heterocycles. The molecule has 130 valence electrons. The number of nitriles is 1. The predicted octanol–water partition coefficient (Wildman–Crippen LogP) is 2.44. The highest BCUT2D eigenvalue weighted by Gasteiger charge is 2.24. The van der Waals surface area contributed by atoms with E-state index in [1.165, 1.54) is 12.1 Å².